The summed E-state index contributed by atoms with van der Waals surface area (Å²) in [6.07, 6.45) is 0.286. The SMILES string of the molecule is CO[Si](CCCNC(=O)OCCN1CCN=C1C(C)(C)N=NC(C)(C)C1=NCCN1CCOC(=O)NCCC[Si](OC)(OC)OC)(OC)OC. The highest BCUT2D eigenvalue weighted by atomic mass is 28.4. The number of amidine groups is 2. The van der Waals surface area contributed by atoms with E-state index < -0.39 is 40.9 Å². The number of hydrogen-bond donors (Lipinski definition) is 2. The Hall–Kier alpha value is -2.73. The van der Waals surface area contributed by atoms with Gasteiger partial charge in [0.2, 0.25) is 0 Å². The summed E-state index contributed by atoms with van der Waals surface area (Å²) in [5.74, 6) is 1.57. The molecule has 0 aliphatic carbocycles. The molecule has 0 atom stereocenters. The second-order valence-corrected chi connectivity index (χ2v) is 18.8. The number of amides is 2. The van der Waals surface area contributed by atoms with Gasteiger partial charge in [-0.1, -0.05) is 0 Å². The summed E-state index contributed by atoms with van der Waals surface area (Å²) in [7, 11) is 4.02. The number of hydrogen-bond acceptors (Lipinski definition) is 16. The lowest BCUT2D eigenvalue weighted by Gasteiger charge is -2.31. The van der Waals surface area contributed by atoms with Crippen LogP contribution in [0.25, 0.3) is 0 Å². The second-order valence-electron chi connectivity index (χ2n) is 12.6. The molecule has 0 aromatic rings. The Labute approximate surface area is 299 Å². The van der Waals surface area contributed by atoms with Crippen molar-refractivity contribution in [3.63, 3.8) is 0 Å². The summed E-state index contributed by atoms with van der Waals surface area (Å²) in [4.78, 5) is 38.1. The van der Waals surface area contributed by atoms with Gasteiger partial charge < -0.3 is 56.5 Å². The molecule has 288 valence electrons. The average molecular weight is 749 g/mol. The summed E-state index contributed by atoms with van der Waals surface area (Å²) < 4.78 is 43.3. The van der Waals surface area contributed by atoms with Crippen LogP contribution in [0.15, 0.2) is 20.2 Å². The van der Waals surface area contributed by atoms with E-state index >= 15 is 0 Å². The van der Waals surface area contributed by atoms with Crippen molar-refractivity contribution < 1.29 is 45.6 Å². The normalized spacial score (nSPS) is 15.8. The van der Waals surface area contributed by atoms with Gasteiger partial charge in [-0.2, -0.15) is 10.2 Å². The Kier molecular flexibility index (Phi) is 18.2. The van der Waals surface area contributed by atoms with E-state index in [-0.39, 0.29) is 13.2 Å². The van der Waals surface area contributed by atoms with Crippen molar-refractivity contribution >= 4 is 41.5 Å². The van der Waals surface area contributed by atoms with E-state index in [1.807, 2.05) is 27.7 Å². The topological polar surface area (TPSA) is 188 Å². The number of rotatable bonds is 24. The number of carbonyl (C=O) groups excluding carboxylic acids is 2. The molecule has 0 aromatic carbocycles. The summed E-state index contributed by atoms with van der Waals surface area (Å²) in [5.41, 5.74) is -1.45. The quantitative estimate of drug-likeness (QED) is 0.0835. The molecule has 20 heteroatoms. The average Bonchev–Trinajstić information content (AvgIpc) is 3.79. The zero-order valence-corrected chi connectivity index (χ0v) is 33.7. The van der Waals surface area contributed by atoms with E-state index in [4.69, 9.17) is 56.2 Å². The second kappa shape index (κ2) is 21.0. The molecule has 50 heavy (non-hydrogen) atoms. The molecule has 2 N–H and O–H groups in total. The number of azo groups is 1. The molecule has 0 saturated heterocycles. The molecule has 2 rings (SSSR count). The van der Waals surface area contributed by atoms with E-state index in [1.54, 1.807) is 42.7 Å². The summed E-state index contributed by atoms with van der Waals surface area (Å²) in [6, 6.07) is 1.15. The largest absolute Gasteiger partial charge is 0.500 e. The molecule has 0 radical (unpaired) electrons. The highest BCUT2D eigenvalue weighted by molar-refractivity contribution is 6.60. The number of nitrogens with one attached hydrogen (secondary N) is 2. The predicted octanol–water partition coefficient (Wildman–Crippen LogP) is 2.41. The van der Waals surface area contributed by atoms with Crippen LogP contribution >= 0.6 is 0 Å². The third kappa shape index (κ3) is 13.1. The number of nitrogens with zero attached hydrogens (tertiary/aromatic N) is 6. The number of aliphatic imine (C=N–C) groups is 2. The minimum absolute atomic E-state index is 0.194. The lowest BCUT2D eigenvalue weighted by atomic mass is 10.0. The smallest absolute Gasteiger partial charge is 0.448 e. The molecule has 2 heterocycles. The molecule has 0 unspecified atom stereocenters. The van der Waals surface area contributed by atoms with Gasteiger partial charge in [-0.25, -0.2) is 9.59 Å². The monoisotopic (exact) mass is 748 g/mol. The first-order chi connectivity index (χ1) is 23.8. The molecular formula is C30H60N8O10Si2. The van der Waals surface area contributed by atoms with Crippen LogP contribution in [-0.2, 0) is 36.0 Å². The maximum atomic E-state index is 12.3. The third-order valence-electron chi connectivity index (χ3n) is 8.42. The molecular weight excluding hydrogens is 689 g/mol. The van der Waals surface area contributed by atoms with Gasteiger partial charge in [-0.15, -0.1) is 0 Å². The van der Waals surface area contributed by atoms with Crippen molar-refractivity contribution in [2.45, 2.75) is 63.7 Å². The van der Waals surface area contributed by atoms with Gasteiger partial charge in [0.15, 0.2) is 0 Å². The molecule has 2 amide bonds. The number of ether oxygens (including phenoxy) is 2. The molecule has 0 fully saturated rings. The standard InChI is InChI=1S/C30H60N8O10Si2/c1-29(2,25-31-15-17-37(25)19-21-47-27(39)33-13-11-23-49(41-5,42-6)43-7)35-36-30(3,4)26-32-16-18-38(26)20-22-48-28(40)34-14-12-24-50(44-8,45-9)46-10/h11-24H2,1-10H3,(H,33,39)(H,34,40). The van der Waals surface area contributed by atoms with Gasteiger partial charge >= 0.3 is 29.8 Å². The van der Waals surface area contributed by atoms with Gasteiger partial charge in [-0.05, 0) is 40.5 Å². The van der Waals surface area contributed by atoms with Crippen molar-refractivity contribution in [1.82, 2.24) is 20.4 Å². The Morgan fingerprint density at radius 2 is 1.00 bits per heavy atom. The van der Waals surface area contributed by atoms with Crippen LogP contribution in [0.2, 0.25) is 12.1 Å². The fourth-order valence-corrected chi connectivity index (χ4v) is 9.05. The first-order valence-corrected chi connectivity index (χ1v) is 20.8. The number of alkyl carbamates (subject to hydrolysis) is 2. The Morgan fingerprint density at radius 3 is 1.32 bits per heavy atom. The highest BCUT2D eigenvalue weighted by Gasteiger charge is 2.39. The summed E-state index contributed by atoms with van der Waals surface area (Å²) >= 11 is 0. The van der Waals surface area contributed by atoms with Gasteiger partial charge in [-0.3, -0.25) is 9.98 Å². The molecule has 2 aliphatic heterocycles. The van der Waals surface area contributed by atoms with Gasteiger partial charge in [0.1, 0.15) is 36.0 Å². The minimum Gasteiger partial charge on any atom is -0.448 e. The fraction of sp³-hybridized carbons (Fsp3) is 0.867. The maximum Gasteiger partial charge on any atom is 0.500 e. The minimum atomic E-state index is -2.67. The van der Waals surface area contributed by atoms with E-state index in [2.05, 4.69) is 20.4 Å². The lowest BCUT2D eigenvalue weighted by molar-refractivity contribution is 0.121. The summed E-state index contributed by atoms with van der Waals surface area (Å²) in [6.45, 7) is 12.7. The van der Waals surface area contributed by atoms with Crippen LogP contribution in [0.3, 0.4) is 0 Å². The lowest BCUT2D eigenvalue weighted by Crippen LogP contribution is -2.45. The first-order valence-electron chi connectivity index (χ1n) is 16.9. The van der Waals surface area contributed by atoms with Crippen LogP contribution in [0, 0.1) is 0 Å². The van der Waals surface area contributed by atoms with Crippen LogP contribution < -0.4 is 10.6 Å². The predicted molar refractivity (Wildman–Crippen MR) is 192 cm³/mol. The zero-order chi connectivity index (χ0) is 37.3. The van der Waals surface area contributed by atoms with Crippen molar-refractivity contribution in [2.24, 2.45) is 20.2 Å². The Morgan fingerprint density at radius 1 is 0.660 bits per heavy atom. The molecule has 0 bridgehead atoms. The van der Waals surface area contributed by atoms with E-state index in [1.165, 1.54) is 0 Å². The highest BCUT2D eigenvalue weighted by Crippen LogP contribution is 2.25. The molecule has 2 aliphatic rings. The number of carbonyl (C=O) groups is 2. The molecule has 0 aromatic heterocycles. The van der Waals surface area contributed by atoms with Crippen LogP contribution in [0.1, 0.15) is 40.5 Å². The van der Waals surface area contributed by atoms with E-state index in [0.29, 0.717) is 77.3 Å². The Bertz CT molecular complexity index is 1050. The summed E-state index contributed by atoms with van der Waals surface area (Å²) in [5, 5.41) is 15.0. The van der Waals surface area contributed by atoms with Crippen LogP contribution in [0.5, 0.6) is 0 Å². The van der Waals surface area contributed by atoms with Gasteiger partial charge in [0.25, 0.3) is 0 Å². The third-order valence-corrected chi connectivity index (χ3v) is 14.1. The van der Waals surface area contributed by atoms with Crippen molar-refractivity contribution in [3.05, 3.63) is 0 Å². The van der Waals surface area contributed by atoms with E-state index in [0.717, 1.165) is 11.7 Å². The van der Waals surface area contributed by atoms with Crippen LogP contribution in [0.4, 0.5) is 9.59 Å². The van der Waals surface area contributed by atoms with Crippen molar-refractivity contribution in [2.75, 3.05) is 108 Å². The molecule has 0 spiro atoms. The molecule has 0 saturated carbocycles. The fourth-order valence-electron chi connectivity index (χ4n) is 5.60. The first kappa shape index (κ1) is 43.4. The van der Waals surface area contributed by atoms with E-state index in [9.17, 15) is 9.59 Å². The zero-order valence-electron chi connectivity index (χ0n) is 31.7. The molecule has 18 nitrogen and oxygen atoms in total. The van der Waals surface area contributed by atoms with Crippen molar-refractivity contribution in [1.29, 1.82) is 0 Å². The van der Waals surface area contributed by atoms with Crippen LogP contribution in [-0.4, -0.2) is 171 Å². The van der Waals surface area contributed by atoms with Gasteiger partial charge in [0, 0.05) is 80.9 Å². The Balaban J connectivity index is 1.79. The van der Waals surface area contributed by atoms with Crippen molar-refractivity contribution in [3.8, 4) is 0 Å². The maximum absolute atomic E-state index is 12.3. The van der Waals surface area contributed by atoms with Gasteiger partial charge in [0.05, 0.1) is 26.2 Å².